The summed E-state index contributed by atoms with van der Waals surface area (Å²) in [5.74, 6) is -0.427. The Morgan fingerprint density at radius 2 is 1.79 bits per heavy atom. The maximum Gasteiger partial charge on any atom is 0.306 e. The first-order chi connectivity index (χ1) is 6.26. The molecule has 0 radical (unpaired) electrons. The molecular formula is C11H20O3. The van der Waals surface area contributed by atoms with Crippen LogP contribution in [-0.4, -0.2) is 18.9 Å². The highest BCUT2D eigenvalue weighted by atomic mass is 16.5. The average Bonchev–Trinajstić information content (AvgIpc) is 2.00. The van der Waals surface area contributed by atoms with Gasteiger partial charge in [-0.3, -0.25) is 9.59 Å². The fourth-order valence-electron chi connectivity index (χ4n) is 1.14. The highest BCUT2D eigenvalue weighted by Crippen LogP contribution is 2.22. The molecule has 0 fully saturated rings. The fraction of sp³-hybridized carbons (Fsp3) is 0.818. The van der Waals surface area contributed by atoms with Gasteiger partial charge in [0.2, 0.25) is 0 Å². The Bertz CT molecular complexity index is 213. The highest BCUT2D eigenvalue weighted by Gasteiger charge is 2.22. The van der Waals surface area contributed by atoms with E-state index in [0.29, 0.717) is 6.42 Å². The predicted octanol–water partition coefficient (Wildman–Crippen LogP) is 2.19. The minimum Gasteiger partial charge on any atom is -0.469 e. The average molecular weight is 200 g/mol. The third kappa shape index (κ3) is 5.73. The second-order valence-corrected chi connectivity index (χ2v) is 4.89. The van der Waals surface area contributed by atoms with Gasteiger partial charge in [0.05, 0.1) is 13.5 Å². The summed E-state index contributed by atoms with van der Waals surface area (Å²) in [7, 11) is 1.34. The number of carbonyl (C=O) groups excluding carboxylic acids is 2. The van der Waals surface area contributed by atoms with Crippen LogP contribution < -0.4 is 0 Å². The second-order valence-electron chi connectivity index (χ2n) is 4.89. The van der Waals surface area contributed by atoms with E-state index in [9.17, 15) is 9.59 Å². The number of methoxy groups -OCH3 is 1. The van der Waals surface area contributed by atoms with E-state index in [1.165, 1.54) is 7.11 Å². The molecule has 0 saturated heterocycles. The number of ketones is 1. The van der Waals surface area contributed by atoms with Crippen LogP contribution in [0.2, 0.25) is 0 Å². The third-order valence-electron chi connectivity index (χ3n) is 1.95. The molecule has 3 heteroatoms. The quantitative estimate of drug-likeness (QED) is 0.653. The van der Waals surface area contributed by atoms with Crippen LogP contribution >= 0.6 is 0 Å². The molecule has 0 rings (SSSR count). The van der Waals surface area contributed by atoms with Crippen LogP contribution in [0.25, 0.3) is 0 Å². The smallest absolute Gasteiger partial charge is 0.306 e. The summed E-state index contributed by atoms with van der Waals surface area (Å²) in [5, 5.41) is 0. The van der Waals surface area contributed by atoms with Gasteiger partial charge in [-0.25, -0.2) is 0 Å². The molecular weight excluding hydrogens is 180 g/mol. The van der Waals surface area contributed by atoms with Crippen molar-refractivity contribution in [2.75, 3.05) is 7.11 Å². The minimum absolute atomic E-state index is 0.0124. The molecule has 0 saturated carbocycles. The van der Waals surface area contributed by atoms with Gasteiger partial charge in [-0.15, -0.1) is 0 Å². The Morgan fingerprint density at radius 1 is 1.29 bits per heavy atom. The Labute approximate surface area is 85.8 Å². The van der Waals surface area contributed by atoms with Crippen LogP contribution in [-0.2, 0) is 14.3 Å². The van der Waals surface area contributed by atoms with Gasteiger partial charge in [0.1, 0.15) is 5.78 Å². The first kappa shape index (κ1) is 13.1. The molecule has 0 aromatic carbocycles. The summed E-state index contributed by atoms with van der Waals surface area (Å²) in [6.07, 6.45) is 0.691. The Kier molecular flexibility index (Phi) is 4.81. The lowest BCUT2D eigenvalue weighted by Crippen LogP contribution is -2.21. The van der Waals surface area contributed by atoms with E-state index >= 15 is 0 Å². The van der Waals surface area contributed by atoms with Crippen LogP contribution in [0, 0.1) is 11.3 Å². The molecule has 0 bridgehead atoms. The molecule has 1 unspecified atom stereocenters. The number of rotatable bonds is 4. The summed E-state index contributed by atoms with van der Waals surface area (Å²) in [4.78, 5) is 22.5. The van der Waals surface area contributed by atoms with Crippen molar-refractivity contribution in [3.8, 4) is 0 Å². The molecule has 14 heavy (non-hydrogen) atoms. The maximum atomic E-state index is 11.6. The van der Waals surface area contributed by atoms with E-state index in [1.807, 2.05) is 20.8 Å². The zero-order chi connectivity index (χ0) is 11.4. The third-order valence-corrected chi connectivity index (χ3v) is 1.95. The van der Waals surface area contributed by atoms with Crippen LogP contribution in [0.3, 0.4) is 0 Å². The van der Waals surface area contributed by atoms with Gasteiger partial charge in [-0.1, -0.05) is 27.7 Å². The lowest BCUT2D eigenvalue weighted by molar-refractivity contribution is -0.143. The molecule has 0 aliphatic heterocycles. The maximum absolute atomic E-state index is 11.6. The van der Waals surface area contributed by atoms with Gasteiger partial charge >= 0.3 is 5.97 Å². The van der Waals surface area contributed by atoms with Crippen molar-refractivity contribution in [2.45, 2.75) is 40.5 Å². The van der Waals surface area contributed by atoms with Crippen LogP contribution in [0.5, 0.6) is 0 Å². The van der Waals surface area contributed by atoms with E-state index in [-0.39, 0.29) is 29.5 Å². The molecule has 1 atom stereocenters. The normalized spacial score (nSPS) is 13.5. The van der Waals surface area contributed by atoms with Crippen molar-refractivity contribution in [1.29, 1.82) is 0 Å². The lowest BCUT2D eigenvalue weighted by Gasteiger charge is -2.19. The summed E-state index contributed by atoms with van der Waals surface area (Å²) in [6, 6.07) is 0. The number of ether oxygens (including phenoxy) is 1. The van der Waals surface area contributed by atoms with Gasteiger partial charge in [0.25, 0.3) is 0 Å². The Balaban J connectivity index is 4.07. The van der Waals surface area contributed by atoms with Gasteiger partial charge < -0.3 is 4.74 Å². The standard InChI is InChI=1S/C11H20O3/c1-8(6-10(13)14-5)9(12)7-11(2,3)4/h8H,6-7H2,1-5H3. The largest absolute Gasteiger partial charge is 0.469 e. The van der Waals surface area contributed by atoms with Gasteiger partial charge in [-0.2, -0.15) is 0 Å². The van der Waals surface area contributed by atoms with E-state index < -0.39 is 0 Å². The summed E-state index contributed by atoms with van der Waals surface area (Å²) in [6.45, 7) is 7.80. The van der Waals surface area contributed by atoms with Crippen LogP contribution in [0.1, 0.15) is 40.5 Å². The molecule has 0 heterocycles. The van der Waals surface area contributed by atoms with Crippen LogP contribution in [0.15, 0.2) is 0 Å². The molecule has 0 aromatic heterocycles. The lowest BCUT2D eigenvalue weighted by atomic mass is 9.85. The zero-order valence-electron chi connectivity index (χ0n) is 9.72. The summed E-state index contributed by atoms with van der Waals surface area (Å²) < 4.78 is 4.51. The molecule has 0 aromatic rings. The molecule has 0 amide bonds. The molecule has 0 aliphatic carbocycles. The van der Waals surface area contributed by atoms with Crippen molar-refractivity contribution in [3.05, 3.63) is 0 Å². The predicted molar refractivity (Wildman–Crippen MR) is 54.9 cm³/mol. The first-order valence-corrected chi connectivity index (χ1v) is 4.86. The number of hydrogen-bond donors (Lipinski definition) is 0. The highest BCUT2D eigenvalue weighted by molar-refractivity contribution is 5.85. The van der Waals surface area contributed by atoms with Gasteiger partial charge in [0, 0.05) is 12.3 Å². The van der Waals surface area contributed by atoms with Crippen molar-refractivity contribution < 1.29 is 14.3 Å². The van der Waals surface area contributed by atoms with Crippen molar-refractivity contribution >= 4 is 11.8 Å². The Hall–Kier alpha value is -0.860. The topological polar surface area (TPSA) is 43.4 Å². The van der Waals surface area contributed by atoms with Gasteiger partial charge in [0.15, 0.2) is 0 Å². The Morgan fingerprint density at radius 3 is 2.14 bits per heavy atom. The SMILES string of the molecule is COC(=O)CC(C)C(=O)CC(C)(C)C. The monoisotopic (exact) mass is 200 g/mol. The van der Waals surface area contributed by atoms with Crippen molar-refractivity contribution in [2.24, 2.45) is 11.3 Å². The number of esters is 1. The molecule has 0 spiro atoms. The summed E-state index contributed by atoms with van der Waals surface area (Å²) >= 11 is 0. The fourth-order valence-corrected chi connectivity index (χ4v) is 1.14. The number of hydrogen-bond acceptors (Lipinski definition) is 3. The number of Topliss-reactive ketones (excluding diaryl/α,β-unsaturated/α-hetero) is 1. The number of carbonyl (C=O) groups is 2. The molecule has 3 nitrogen and oxygen atoms in total. The molecule has 0 aliphatic rings. The van der Waals surface area contributed by atoms with Crippen molar-refractivity contribution in [1.82, 2.24) is 0 Å². The van der Waals surface area contributed by atoms with Crippen molar-refractivity contribution in [3.63, 3.8) is 0 Å². The van der Waals surface area contributed by atoms with E-state index in [0.717, 1.165) is 0 Å². The molecule has 82 valence electrons. The summed E-state index contributed by atoms with van der Waals surface area (Å²) in [5.41, 5.74) is -0.0124. The minimum atomic E-state index is -0.320. The van der Waals surface area contributed by atoms with E-state index in [1.54, 1.807) is 6.92 Å². The first-order valence-electron chi connectivity index (χ1n) is 4.86. The van der Waals surface area contributed by atoms with Crippen LogP contribution in [0.4, 0.5) is 0 Å². The van der Waals surface area contributed by atoms with E-state index in [4.69, 9.17) is 0 Å². The second kappa shape index (κ2) is 5.13. The van der Waals surface area contributed by atoms with E-state index in [2.05, 4.69) is 4.74 Å². The zero-order valence-corrected chi connectivity index (χ0v) is 9.72. The molecule has 0 N–H and O–H groups in total. The van der Waals surface area contributed by atoms with Gasteiger partial charge in [-0.05, 0) is 5.41 Å².